The van der Waals surface area contributed by atoms with Crippen molar-refractivity contribution in [1.29, 1.82) is 0 Å². The molecule has 2 aliphatic heterocycles. The molecule has 1 saturated heterocycles. The summed E-state index contributed by atoms with van der Waals surface area (Å²) in [6, 6.07) is 14.2. The van der Waals surface area contributed by atoms with Gasteiger partial charge in [0.2, 0.25) is 5.79 Å². The molecule has 0 saturated carbocycles. The number of ether oxygens (including phenoxy) is 1. The first-order valence-electron chi connectivity index (χ1n) is 7.06. The first-order chi connectivity index (χ1) is 10.2. The summed E-state index contributed by atoms with van der Waals surface area (Å²) in [5.74, 6) is -0.632. The lowest BCUT2D eigenvalue weighted by Gasteiger charge is -2.56. The van der Waals surface area contributed by atoms with Gasteiger partial charge in [0.05, 0.1) is 5.71 Å². The van der Waals surface area contributed by atoms with Gasteiger partial charge in [-0.25, -0.2) is 0 Å². The van der Waals surface area contributed by atoms with E-state index in [1.54, 1.807) is 6.20 Å². The Morgan fingerprint density at radius 3 is 2.48 bits per heavy atom. The first kappa shape index (κ1) is 12.5. The summed E-state index contributed by atoms with van der Waals surface area (Å²) in [7, 11) is 0. The fraction of sp³-hybridized carbons (Fsp3) is 0.294. The lowest BCUT2D eigenvalue weighted by molar-refractivity contribution is -0.381. The molecule has 3 heterocycles. The smallest absolute Gasteiger partial charge is 0.246 e. The fourth-order valence-corrected chi connectivity index (χ4v) is 3.59. The summed E-state index contributed by atoms with van der Waals surface area (Å²) in [5, 5.41) is 4.15. The molecule has 21 heavy (non-hydrogen) atoms. The molecule has 106 valence electrons. The zero-order valence-corrected chi connectivity index (χ0v) is 12.0. The number of hydrogen-bond donors (Lipinski definition) is 0. The van der Waals surface area contributed by atoms with E-state index in [1.807, 2.05) is 50.4 Å². The molecule has 4 heteroatoms. The van der Waals surface area contributed by atoms with Crippen molar-refractivity contribution in [3.63, 3.8) is 0 Å². The number of pyridine rings is 1. The third-order valence-corrected chi connectivity index (χ3v) is 4.38. The second kappa shape index (κ2) is 4.15. The zero-order chi connectivity index (χ0) is 14.5. The summed E-state index contributed by atoms with van der Waals surface area (Å²) in [4.78, 5) is 9.75. The Morgan fingerprint density at radius 1 is 1.05 bits per heavy atom. The van der Waals surface area contributed by atoms with Gasteiger partial charge in [-0.15, -0.1) is 0 Å². The Kier molecular flexibility index (Phi) is 2.48. The summed E-state index contributed by atoms with van der Waals surface area (Å²) in [5.41, 5.74) is 2.50. The van der Waals surface area contributed by atoms with Crippen LogP contribution in [0.2, 0.25) is 0 Å². The van der Waals surface area contributed by atoms with E-state index in [-0.39, 0.29) is 5.92 Å². The van der Waals surface area contributed by atoms with Gasteiger partial charge in [-0.1, -0.05) is 41.6 Å². The molecule has 1 aromatic carbocycles. The molecule has 2 aromatic rings. The van der Waals surface area contributed by atoms with E-state index in [9.17, 15) is 0 Å². The van der Waals surface area contributed by atoms with Gasteiger partial charge < -0.3 is 9.57 Å². The second-order valence-electron chi connectivity index (χ2n) is 5.72. The third kappa shape index (κ3) is 1.54. The van der Waals surface area contributed by atoms with E-state index in [2.05, 4.69) is 22.3 Å². The maximum Gasteiger partial charge on any atom is 0.246 e. The molecular weight excluding hydrogens is 264 g/mol. The largest absolute Gasteiger partial charge is 0.360 e. The van der Waals surface area contributed by atoms with Crippen LogP contribution in [-0.4, -0.2) is 16.5 Å². The first-order valence-corrected chi connectivity index (χ1v) is 7.06. The van der Waals surface area contributed by atoms with Gasteiger partial charge in [-0.05, 0) is 18.6 Å². The van der Waals surface area contributed by atoms with E-state index in [0.717, 1.165) is 16.8 Å². The van der Waals surface area contributed by atoms with Gasteiger partial charge in [0.25, 0.3) is 0 Å². The number of nitrogens with zero attached hydrogens (tertiary/aromatic N) is 2. The molecular formula is C17H16N2O2. The van der Waals surface area contributed by atoms with Crippen LogP contribution in [0.25, 0.3) is 0 Å². The number of hydrogen-bond acceptors (Lipinski definition) is 4. The SMILES string of the molecule is CC1=NO[C@]2(C)OC(c3ccccc3)(c3cccnc3)[C@H]12. The predicted molar refractivity (Wildman–Crippen MR) is 78.6 cm³/mol. The average molecular weight is 280 g/mol. The highest BCUT2D eigenvalue weighted by Gasteiger charge is 2.70. The maximum atomic E-state index is 6.30. The third-order valence-electron chi connectivity index (χ3n) is 4.38. The van der Waals surface area contributed by atoms with Crippen molar-refractivity contribution in [3.8, 4) is 0 Å². The van der Waals surface area contributed by atoms with Gasteiger partial charge >= 0.3 is 0 Å². The van der Waals surface area contributed by atoms with Crippen LogP contribution in [0, 0.1) is 5.92 Å². The summed E-state index contributed by atoms with van der Waals surface area (Å²) in [6.07, 6.45) is 3.63. The molecule has 2 aliphatic rings. The number of aromatic nitrogens is 1. The number of fused-ring (bicyclic) bond motifs is 1. The quantitative estimate of drug-likeness (QED) is 0.849. The van der Waals surface area contributed by atoms with E-state index < -0.39 is 11.4 Å². The van der Waals surface area contributed by atoms with Crippen molar-refractivity contribution in [1.82, 2.24) is 4.98 Å². The molecule has 0 spiro atoms. The van der Waals surface area contributed by atoms with Crippen molar-refractivity contribution in [3.05, 3.63) is 66.0 Å². The van der Waals surface area contributed by atoms with Crippen LogP contribution < -0.4 is 0 Å². The summed E-state index contributed by atoms with van der Waals surface area (Å²) < 4.78 is 6.30. The highest BCUT2D eigenvalue weighted by atomic mass is 16.8. The molecule has 0 amide bonds. The molecule has 0 aliphatic carbocycles. The number of rotatable bonds is 2. The van der Waals surface area contributed by atoms with Crippen LogP contribution in [0.5, 0.6) is 0 Å². The van der Waals surface area contributed by atoms with Gasteiger partial charge in [0, 0.05) is 24.9 Å². The van der Waals surface area contributed by atoms with Crippen molar-refractivity contribution in [2.24, 2.45) is 11.1 Å². The van der Waals surface area contributed by atoms with Crippen LogP contribution in [0.15, 0.2) is 60.0 Å². The van der Waals surface area contributed by atoms with Gasteiger partial charge in [0.1, 0.15) is 11.5 Å². The molecule has 0 N–H and O–H groups in total. The fourth-order valence-electron chi connectivity index (χ4n) is 3.59. The van der Waals surface area contributed by atoms with Gasteiger partial charge in [0.15, 0.2) is 0 Å². The minimum atomic E-state index is -0.685. The van der Waals surface area contributed by atoms with Gasteiger partial charge in [-0.2, -0.15) is 0 Å². The molecule has 1 fully saturated rings. The number of oxime groups is 1. The molecule has 0 bridgehead atoms. The Morgan fingerprint density at radius 2 is 1.81 bits per heavy atom. The Hall–Kier alpha value is -2.20. The van der Waals surface area contributed by atoms with Gasteiger partial charge in [-0.3, -0.25) is 4.98 Å². The molecule has 1 unspecified atom stereocenters. The molecule has 1 aromatic heterocycles. The van der Waals surface area contributed by atoms with Crippen molar-refractivity contribution in [2.75, 3.05) is 0 Å². The lowest BCUT2D eigenvalue weighted by Crippen LogP contribution is -2.66. The van der Waals surface area contributed by atoms with Crippen LogP contribution in [-0.2, 0) is 15.2 Å². The van der Waals surface area contributed by atoms with Crippen molar-refractivity contribution in [2.45, 2.75) is 25.2 Å². The highest BCUT2D eigenvalue weighted by molar-refractivity contribution is 5.89. The number of benzene rings is 1. The molecule has 3 atom stereocenters. The lowest BCUT2D eigenvalue weighted by atomic mass is 9.66. The average Bonchev–Trinajstić information content (AvgIpc) is 2.75. The Bertz CT molecular complexity index is 660. The highest BCUT2D eigenvalue weighted by Crippen LogP contribution is 2.60. The summed E-state index contributed by atoms with van der Waals surface area (Å²) in [6.45, 7) is 3.93. The predicted octanol–water partition coefficient (Wildman–Crippen LogP) is 3.09. The normalized spacial score (nSPS) is 33.6. The van der Waals surface area contributed by atoms with E-state index in [1.165, 1.54) is 0 Å². The summed E-state index contributed by atoms with van der Waals surface area (Å²) >= 11 is 0. The van der Waals surface area contributed by atoms with E-state index >= 15 is 0 Å². The standard InChI is InChI=1S/C17H16N2O2/c1-12-15-16(2,21-19-12)20-17(15,13-7-4-3-5-8-13)14-9-6-10-18-11-14/h3-11,15H,1-2H3/t15-,16+,17?/m1/s1. The van der Waals surface area contributed by atoms with Crippen molar-refractivity contribution >= 4 is 5.71 Å². The van der Waals surface area contributed by atoms with Crippen molar-refractivity contribution < 1.29 is 9.57 Å². The van der Waals surface area contributed by atoms with Crippen LogP contribution in [0.3, 0.4) is 0 Å². The van der Waals surface area contributed by atoms with E-state index in [4.69, 9.17) is 9.57 Å². The minimum absolute atomic E-state index is 0.0524. The minimum Gasteiger partial charge on any atom is -0.360 e. The monoisotopic (exact) mass is 280 g/mol. The van der Waals surface area contributed by atoms with E-state index in [0.29, 0.717) is 0 Å². The van der Waals surface area contributed by atoms with Crippen LogP contribution in [0.4, 0.5) is 0 Å². The van der Waals surface area contributed by atoms with Crippen LogP contribution in [0.1, 0.15) is 25.0 Å². The molecule has 4 nitrogen and oxygen atoms in total. The van der Waals surface area contributed by atoms with Crippen LogP contribution >= 0.6 is 0 Å². The zero-order valence-electron chi connectivity index (χ0n) is 12.0. The molecule has 0 radical (unpaired) electrons. The maximum absolute atomic E-state index is 6.30. The Labute approximate surface area is 123 Å². The topological polar surface area (TPSA) is 43.7 Å². The second-order valence-corrected chi connectivity index (χ2v) is 5.72. The Balaban J connectivity index is 1.92. The molecule has 4 rings (SSSR count).